The topological polar surface area (TPSA) is 42.1 Å². The highest BCUT2D eigenvalue weighted by Gasteiger charge is 2.15. The first-order chi connectivity index (χ1) is 8.99. The molecule has 0 bridgehead atoms. The van der Waals surface area contributed by atoms with E-state index in [0.29, 0.717) is 4.99 Å². The van der Waals surface area contributed by atoms with Gasteiger partial charge in [0.2, 0.25) is 0 Å². The highest BCUT2D eigenvalue weighted by molar-refractivity contribution is 7.80. The van der Waals surface area contributed by atoms with Crippen molar-refractivity contribution in [1.29, 1.82) is 0 Å². The summed E-state index contributed by atoms with van der Waals surface area (Å²) in [4.78, 5) is 8.42. The van der Waals surface area contributed by atoms with Gasteiger partial charge in [-0.1, -0.05) is 18.3 Å². The summed E-state index contributed by atoms with van der Waals surface area (Å²) in [6, 6.07) is 8.33. The molecule has 0 saturated heterocycles. The predicted molar refractivity (Wildman–Crippen MR) is 86.0 cm³/mol. The Morgan fingerprint density at radius 1 is 1.47 bits per heavy atom. The molecule has 1 atom stereocenters. The number of nitrogens with two attached hydrogens (primary N) is 1. The molecular formula is C14H17N3S2. The van der Waals surface area contributed by atoms with E-state index in [0.717, 1.165) is 17.1 Å². The Morgan fingerprint density at radius 3 is 2.79 bits per heavy atom. The molecule has 19 heavy (non-hydrogen) atoms. The summed E-state index contributed by atoms with van der Waals surface area (Å²) in [6.07, 6.45) is 0. The molecule has 100 valence electrons. The number of anilines is 1. The Hall–Kier alpha value is -1.46. The van der Waals surface area contributed by atoms with Crippen LogP contribution < -0.4 is 10.6 Å². The highest BCUT2D eigenvalue weighted by atomic mass is 32.1. The summed E-state index contributed by atoms with van der Waals surface area (Å²) >= 11 is 6.80. The monoisotopic (exact) mass is 291 g/mol. The normalized spacial score (nSPS) is 12.2. The van der Waals surface area contributed by atoms with Crippen LogP contribution in [-0.4, -0.2) is 17.0 Å². The van der Waals surface area contributed by atoms with Gasteiger partial charge in [0.15, 0.2) is 0 Å². The molecule has 0 radical (unpaired) electrons. The van der Waals surface area contributed by atoms with Gasteiger partial charge in [-0.15, -0.1) is 11.3 Å². The third-order valence-corrected chi connectivity index (χ3v) is 4.40. The smallest absolute Gasteiger partial charge is 0.129 e. The van der Waals surface area contributed by atoms with Crippen LogP contribution in [0.5, 0.6) is 0 Å². The van der Waals surface area contributed by atoms with E-state index in [1.807, 2.05) is 26.1 Å². The maximum absolute atomic E-state index is 5.71. The maximum Gasteiger partial charge on any atom is 0.129 e. The number of hydrogen-bond donors (Lipinski definition) is 1. The van der Waals surface area contributed by atoms with Gasteiger partial charge in [0.05, 0.1) is 6.04 Å². The van der Waals surface area contributed by atoms with Gasteiger partial charge in [-0.2, -0.15) is 0 Å². The highest BCUT2D eigenvalue weighted by Crippen LogP contribution is 2.27. The van der Waals surface area contributed by atoms with Crippen LogP contribution >= 0.6 is 23.6 Å². The fraction of sp³-hybridized carbons (Fsp3) is 0.286. The molecule has 0 aliphatic rings. The van der Waals surface area contributed by atoms with Crippen LogP contribution in [0.2, 0.25) is 0 Å². The zero-order valence-electron chi connectivity index (χ0n) is 11.3. The lowest BCUT2D eigenvalue weighted by Crippen LogP contribution is -2.23. The van der Waals surface area contributed by atoms with Crippen molar-refractivity contribution in [2.24, 2.45) is 5.73 Å². The fourth-order valence-electron chi connectivity index (χ4n) is 1.89. The molecule has 2 N–H and O–H groups in total. The number of nitrogens with zero attached hydrogens (tertiary/aromatic N) is 2. The van der Waals surface area contributed by atoms with Crippen molar-refractivity contribution in [2.45, 2.75) is 19.9 Å². The van der Waals surface area contributed by atoms with Gasteiger partial charge in [-0.3, -0.25) is 0 Å². The van der Waals surface area contributed by atoms with E-state index in [1.54, 1.807) is 11.3 Å². The number of hydrogen-bond acceptors (Lipinski definition) is 4. The lowest BCUT2D eigenvalue weighted by atomic mass is 10.2. The molecule has 0 saturated carbocycles. The molecule has 0 aliphatic carbocycles. The lowest BCUT2D eigenvalue weighted by Gasteiger charge is -2.26. The van der Waals surface area contributed by atoms with E-state index >= 15 is 0 Å². The summed E-state index contributed by atoms with van der Waals surface area (Å²) in [6.45, 7) is 4.12. The van der Waals surface area contributed by atoms with E-state index in [2.05, 4.69) is 34.3 Å². The molecule has 2 rings (SSSR count). The number of rotatable bonds is 4. The number of aryl methyl sites for hydroxylation is 1. The zero-order valence-corrected chi connectivity index (χ0v) is 12.9. The Morgan fingerprint density at radius 2 is 2.21 bits per heavy atom. The first-order valence-corrected chi connectivity index (χ1v) is 7.32. The molecule has 3 nitrogen and oxygen atoms in total. The average Bonchev–Trinajstić information content (AvgIpc) is 2.90. The molecule has 1 unspecified atom stereocenters. The van der Waals surface area contributed by atoms with Crippen molar-refractivity contribution in [1.82, 2.24) is 4.98 Å². The molecule has 0 amide bonds. The Kier molecular flexibility index (Phi) is 4.17. The van der Waals surface area contributed by atoms with Crippen LogP contribution in [0.1, 0.15) is 29.1 Å². The second-order valence-corrected chi connectivity index (χ2v) is 5.94. The van der Waals surface area contributed by atoms with Gasteiger partial charge < -0.3 is 10.6 Å². The first kappa shape index (κ1) is 14.0. The van der Waals surface area contributed by atoms with Crippen molar-refractivity contribution in [3.05, 3.63) is 45.8 Å². The van der Waals surface area contributed by atoms with E-state index in [-0.39, 0.29) is 6.04 Å². The third-order valence-electron chi connectivity index (χ3n) is 3.12. The van der Waals surface area contributed by atoms with Crippen molar-refractivity contribution in [3.63, 3.8) is 0 Å². The molecule has 0 aromatic carbocycles. The van der Waals surface area contributed by atoms with Gasteiger partial charge in [-0.05, 0) is 37.4 Å². The molecular weight excluding hydrogens is 274 g/mol. The van der Waals surface area contributed by atoms with Crippen LogP contribution in [0.15, 0.2) is 29.6 Å². The molecule has 0 spiro atoms. The first-order valence-electron chi connectivity index (χ1n) is 6.03. The quantitative estimate of drug-likeness (QED) is 0.878. The third kappa shape index (κ3) is 3.11. The molecule has 0 fully saturated rings. The standard InChI is InChI=1S/C14H17N3S2/c1-9-7-11(14(15)18)8-13(16-9)17(3)10(2)12-5-4-6-19-12/h4-8,10H,1-3H3,(H2,15,18). The van der Waals surface area contributed by atoms with Crippen molar-refractivity contribution in [3.8, 4) is 0 Å². The second-order valence-electron chi connectivity index (χ2n) is 4.52. The molecule has 2 heterocycles. The molecule has 2 aromatic rings. The van der Waals surface area contributed by atoms with Crippen LogP contribution in [-0.2, 0) is 0 Å². The molecule has 2 aromatic heterocycles. The largest absolute Gasteiger partial charge is 0.389 e. The lowest BCUT2D eigenvalue weighted by molar-refractivity contribution is 0.740. The van der Waals surface area contributed by atoms with Crippen LogP contribution in [0, 0.1) is 6.92 Å². The minimum atomic E-state index is 0.272. The van der Waals surface area contributed by atoms with Crippen LogP contribution in [0.25, 0.3) is 0 Å². The van der Waals surface area contributed by atoms with Crippen molar-refractivity contribution in [2.75, 3.05) is 11.9 Å². The molecule has 0 aliphatic heterocycles. The average molecular weight is 291 g/mol. The summed E-state index contributed by atoms with van der Waals surface area (Å²) in [5.41, 5.74) is 7.49. The van der Waals surface area contributed by atoms with Crippen LogP contribution in [0.3, 0.4) is 0 Å². The Bertz CT molecular complexity index is 578. The van der Waals surface area contributed by atoms with E-state index < -0.39 is 0 Å². The van der Waals surface area contributed by atoms with Gasteiger partial charge in [-0.25, -0.2) is 4.98 Å². The number of thiocarbonyl (C=S) groups is 1. The van der Waals surface area contributed by atoms with E-state index in [9.17, 15) is 0 Å². The molecule has 5 heteroatoms. The number of thiophene rings is 1. The minimum Gasteiger partial charge on any atom is -0.389 e. The maximum atomic E-state index is 5.71. The van der Waals surface area contributed by atoms with Crippen molar-refractivity contribution >= 4 is 34.4 Å². The fourth-order valence-corrected chi connectivity index (χ4v) is 2.84. The van der Waals surface area contributed by atoms with Gasteiger partial charge in [0.25, 0.3) is 0 Å². The summed E-state index contributed by atoms with van der Waals surface area (Å²) in [5.74, 6) is 0.892. The summed E-state index contributed by atoms with van der Waals surface area (Å²) in [5, 5.41) is 2.09. The SMILES string of the molecule is Cc1cc(C(N)=S)cc(N(C)C(C)c2cccs2)n1. The second kappa shape index (κ2) is 5.67. The van der Waals surface area contributed by atoms with Crippen LogP contribution in [0.4, 0.5) is 5.82 Å². The Balaban J connectivity index is 2.33. The predicted octanol–water partition coefficient (Wildman–Crippen LogP) is 3.28. The zero-order chi connectivity index (χ0) is 14.0. The number of aromatic nitrogens is 1. The minimum absolute atomic E-state index is 0.272. The number of pyridine rings is 1. The van der Waals surface area contributed by atoms with Crippen molar-refractivity contribution < 1.29 is 0 Å². The van der Waals surface area contributed by atoms with Gasteiger partial charge >= 0.3 is 0 Å². The van der Waals surface area contributed by atoms with Gasteiger partial charge in [0.1, 0.15) is 10.8 Å². The summed E-state index contributed by atoms with van der Waals surface area (Å²) < 4.78 is 0. The van der Waals surface area contributed by atoms with E-state index in [4.69, 9.17) is 18.0 Å². The Labute approximate surface area is 123 Å². The van der Waals surface area contributed by atoms with Gasteiger partial charge in [0, 0.05) is 23.2 Å². The summed E-state index contributed by atoms with van der Waals surface area (Å²) in [7, 11) is 2.04. The van der Waals surface area contributed by atoms with E-state index in [1.165, 1.54) is 4.88 Å².